The molecule has 1 aliphatic rings. The highest BCUT2D eigenvalue weighted by molar-refractivity contribution is 5.77. The molecule has 0 aliphatic heterocycles. The van der Waals surface area contributed by atoms with Gasteiger partial charge in [-0.2, -0.15) is 0 Å². The lowest BCUT2D eigenvalue weighted by Crippen LogP contribution is -2.37. The first-order chi connectivity index (χ1) is 8.83. The van der Waals surface area contributed by atoms with Gasteiger partial charge in [0, 0.05) is 20.2 Å². The molecule has 1 aliphatic carbocycles. The smallest absolute Gasteiger partial charge is 0.233 e. The van der Waals surface area contributed by atoms with Gasteiger partial charge in [-0.05, 0) is 18.8 Å². The van der Waals surface area contributed by atoms with Crippen LogP contribution in [0.5, 0.6) is 0 Å². The highest BCUT2D eigenvalue weighted by atomic mass is 16.5. The number of carbonyl (C=O) groups is 1. The fourth-order valence-electron chi connectivity index (χ4n) is 2.44. The Morgan fingerprint density at radius 2 is 1.83 bits per heavy atom. The number of rotatable bonds is 7. The highest BCUT2D eigenvalue weighted by Crippen LogP contribution is 2.21. The number of methoxy groups -OCH3 is 1. The molecule has 0 aromatic rings. The maximum atomic E-state index is 11.6. The number of hydrogen-bond donors (Lipinski definition) is 2. The van der Waals surface area contributed by atoms with E-state index in [9.17, 15) is 4.79 Å². The van der Waals surface area contributed by atoms with Crippen LogP contribution in [0.3, 0.4) is 0 Å². The van der Waals surface area contributed by atoms with Crippen LogP contribution in [0.15, 0.2) is 0 Å². The van der Waals surface area contributed by atoms with Crippen molar-refractivity contribution >= 4 is 5.91 Å². The van der Waals surface area contributed by atoms with Crippen molar-refractivity contribution in [2.45, 2.75) is 44.9 Å². The summed E-state index contributed by atoms with van der Waals surface area (Å²) in [5.41, 5.74) is 0. The Morgan fingerprint density at radius 1 is 1.17 bits per heavy atom. The Kier molecular flexibility index (Phi) is 8.86. The van der Waals surface area contributed by atoms with E-state index in [1.807, 2.05) is 0 Å². The van der Waals surface area contributed by atoms with E-state index in [-0.39, 0.29) is 5.91 Å². The van der Waals surface area contributed by atoms with Crippen LogP contribution in [0.25, 0.3) is 0 Å². The van der Waals surface area contributed by atoms with Gasteiger partial charge in [-0.3, -0.25) is 4.79 Å². The SMILES string of the molecule is COCCNCC(=O)NCC1CCCCCCC1. The lowest BCUT2D eigenvalue weighted by atomic mass is 9.91. The molecule has 4 heteroatoms. The van der Waals surface area contributed by atoms with Crippen molar-refractivity contribution in [1.82, 2.24) is 10.6 Å². The topological polar surface area (TPSA) is 50.4 Å². The molecule has 1 saturated carbocycles. The Morgan fingerprint density at radius 3 is 2.50 bits per heavy atom. The molecule has 0 aromatic heterocycles. The summed E-state index contributed by atoms with van der Waals surface area (Å²) in [6.07, 6.45) is 9.32. The molecule has 18 heavy (non-hydrogen) atoms. The number of ether oxygens (including phenoxy) is 1. The summed E-state index contributed by atoms with van der Waals surface area (Å²) in [6, 6.07) is 0. The molecule has 1 amide bonds. The average molecular weight is 256 g/mol. The molecule has 0 radical (unpaired) electrons. The van der Waals surface area contributed by atoms with E-state index in [1.54, 1.807) is 7.11 Å². The first kappa shape index (κ1) is 15.4. The van der Waals surface area contributed by atoms with Crippen LogP contribution in [0.2, 0.25) is 0 Å². The van der Waals surface area contributed by atoms with Crippen LogP contribution in [-0.2, 0) is 9.53 Å². The quantitative estimate of drug-likeness (QED) is 0.682. The third-order valence-corrected chi connectivity index (χ3v) is 3.58. The molecule has 2 N–H and O–H groups in total. The second-order valence-electron chi connectivity index (χ2n) is 5.18. The lowest BCUT2D eigenvalue weighted by molar-refractivity contribution is -0.120. The Hall–Kier alpha value is -0.610. The summed E-state index contributed by atoms with van der Waals surface area (Å²) in [6.45, 7) is 2.63. The van der Waals surface area contributed by atoms with E-state index in [2.05, 4.69) is 10.6 Å². The Balaban J connectivity index is 2.04. The molecule has 0 aromatic carbocycles. The standard InChI is InChI=1S/C14H28N2O2/c1-18-10-9-15-12-14(17)16-11-13-7-5-3-2-4-6-8-13/h13,15H,2-12H2,1H3,(H,16,17). The minimum absolute atomic E-state index is 0.105. The van der Waals surface area contributed by atoms with Gasteiger partial charge in [-0.25, -0.2) is 0 Å². The van der Waals surface area contributed by atoms with Crippen LogP contribution < -0.4 is 10.6 Å². The van der Waals surface area contributed by atoms with Crippen molar-refractivity contribution in [1.29, 1.82) is 0 Å². The first-order valence-corrected chi connectivity index (χ1v) is 7.29. The van der Waals surface area contributed by atoms with Crippen molar-refractivity contribution < 1.29 is 9.53 Å². The first-order valence-electron chi connectivity index (χ1n) is 7.29. The molecule has 4 nitrogen and oxygen atoms in total. The zero-order chi connectivity index (χ0) is 13.1. The van der Waals surface area contributed by atoms with E-state index in [4.69, 9.17) is 4.74 Å². The zero-order valence-electron chi connectivity index (χ0n) is 11.7. The summed E-state index contributed by atoms with van der Waals surface area (Å²) >= 11 is 0. The van der Waals surface area contributed by atoms with E-state index >= 15 is 0 Å². The Bertz CT molecular complexity index is 214. The zero-order valence-corrected chi connectivity index (χ0v) is 11.7. The minimum Gasteiger partial charge on any atom is -0.383 e. The van der Waals surface area contributed by atoms with Crippen molar-refractivity contribution in [2.75, 3.05) is 33.4 Å². The van der Waals surface area contributed by atoms with Gasteiger partial charge in [0.1, 0.15) is 0 Å². The van der Waals surface area contributed by atoms with Crippen molar-refractivity contribution in [3.05, 3.63) is 0 Å². The Labute approximate surface area is 111 Å². The molecule has 0 spiro atoms. The van der Waals surface area contributed by atoms with Crippen molar-refractivity contribution in [3.8, 4) is 0 Å². The van der Waals surface area contributed by atoms with Gasteiger partial charge in [-0.1, -0.05) is 32.1 Å². The van der Waals surface area contributed by atoms with E-state index < -0.39 is 0 Å². The second-order valence-corrected chi connectivity index (χ2v) is 5.18. The number of carbonyl (C=O) groups excluding carboxylic acids is 1. The third-order valence-electron chi connectivity index (χ3n) is 3.58. The molecular formula is C14H28N2O2. The number of hydrogen-bond acceptors (Lipinski definition) is 3. The largest absolute Gasteiger partial charge is 0.383 e. The molecule has 0 heterocycles. The molecule has 0 unspecified atom stereocenters. The predicted molar refractivity (Wildman–Crippen MR) is 73.6 cm³/mol. The summed E-state index contributed by atoms with van der Waals surface area (Å²) < 4.78 is 4.91. The van der Waals surface area contributed by atoms with Crippen LogP contribution in [0, 0.1) is 5.92 Å². The molecule has 1 fully saturated rings. The lowest BCUT2D eigenvalue weighted by Gasteiger charge is -2.20. The molecule has 0 bridgehead atoms. The maximum Gasteiger partial charge on any atom is 0.233 e. The third kappa shape index (κ3) is 7.67. The molecule has 1 rings (SSSR count). The summed E-state index contributed by atoms with van der Waals surface area (Å²) in [5, 5.41) is 6.09. The molecule has 0 atom stereocenters. The van der Waals surface area contributed by atoms with Gasteiger partial charge in [0.25, 0.3) is 0 Å². The molecule has 0 saturated heterocycles. The maximum absolute atomic E-state index is 11.6. The van der Waals surface area contributed by atoms with E-state index in [1.165, 1.54) is 44.9 Å². The fourth-order valence-corrected chi connectivity index (χ4v) is 2.44. The van der Waals surface area contributed by atoms with Crippen LogP contribution in [-0.4, -0.2) is 39.3 Å². The van der Waals surface area contributed by atoms with Crippen LogP contribution in [0.4, 0.5) is 0 Å². The van der Waals surface area contributed by atoms with Gasteiger partial charge in [0.05, 0.1) is 13.2 Å². The van der Waals surface area contributed by atoms with Gasteiger partial charge in [-0.15, -0.1) is 0 Å². The molecular weight excluding hydrogens is 228 g/mol. The summed E-state index contributed by atoms with van der Waals surface area (Å²) in [4.78, 5) is 11.6. The second kappa shape index (κ2) is 10.3. The fraction of sp³-hybridized carbons (Fsp3) is 0.929. The highest BCUT2D eigenvalue weighted by Gasteiger charge is 2.12. The van der Waals surface area contributed by atoms with Crippen molar-refractivity contribution in [3.63, 3.8) is 0 Å². The predicted octanol–water partition coefficient (Wildman–Crippen LogP) is 1.70. The summed E-state index contributed by atoms with van der Waals surface area (Å²) in [7, 11) is 1.66. The van der Waals surface area contributed by atoms with Crippen molar-refractivity contribution in [2.24, 2.45) is 5.92 Å². The van der Waals surface area contributed by atoms with Gasteiger partial charge in [0.2, 0.25) is 5.91 Å². The number of amides is 1. The van der Waals surface area contributed by atoms with Crippen LogP contribution >= 0.6 is 0 Å². The molecule has 106 valence electrons. The monoisotopic (exact) mass is 256 g/mol. The number of nitrogens with one attached hydrogen (secondary N) is 2. The van der Waals surface area contributed by atoms with Gasteiger partial charge < -0.3 is 15.4 Å². The van der Waals surface area contributed by atoms with Gasteiger partial charge in [0.15, 0.2) is 0 Å². The normalized spacial score (nSPS) is 18.1. The minimum atomic E-state index is 0.105. The van der Waals surface area contributed by atoms with Crippen LogP contribution in [0.1, 0.15) is 44.9 Å². The van der Waals surface area contributed by atoms with Gasteiger partial charge >= 0.3 is 0 Å². The van der Waals surface area contributed by atoms with E-state index in [0.29, 0.717) is 19.1 Å². The van der Waals surface area contributed by atoms with E-state index in [0.717, 1.165) is 13.1 Å². The summed E-state index contributed by atoms with van der Waals surface area (Å²) in [5.74, 6) is 0.793. The average Bonchev–Trinajstić information content (AvgIpc) is 2.33.